The van der Waals surface area contributed by atoms with Gasteiger partial charge in [-0.1, -0.05) is 34.1 Å². The molecule has 0 saturated carbocycles. The van der Waals surface area contributed by atoms with Gasteiger partial charge in [-0.15, -0.1) is 0 Å². The Labute approximate surface area is 73.9 Å². The molecular formula is C8H9BrO2. The van der Waals surface area contributed by atoms with E-state index in [4.69, 9.17) is 4.74 Å². The molecule has 0 aromatic heterocycles. The standard InChI is InChI=1S/C8H9BrO2/c1-11-7-5-3-2-4-6(7)8(9)10/h2-5,8,10H,1H3. The summed E-state index contributed by atoms with van der Waals surface area (Å²) in [6, 6.07) is 7.32. The van der Waals surface area contributed by atoms with Gasteiger partial charge in [0.2, 0.25) is 0 Å². The van der Waals surface area contributed by atoms with Gasteiger partial charge in [0.1, 0.15) is 10.8 Å². The molecule has 0 heterocycles. The fourth-order valence-corrected chi connectivity index (χ4v) is 1.24. The second kappa shape index (κ2) is 3.74. The maximum Gasteiger partial charge on any atom is 0.137 e. The number of para-hydroxylation sites is 1. The van der Waals surface area contributed by atoms with Crippen molar-refractivity contribution < 1.29 is 9.84 Å². The molecule has 1 aromatic rings. The first-order chi connectivity index (χ1) is 5.25. The van der Waals surface area contributed by atoms with Crippen LogP contribution in [0.3, 0.4) is 0 Å². The van der Waals surface area contributed by atoms with Crippen LogP contribution in [0.15, 0.2) is 24.3 Å². The van der Waals surface area contributed by atoms with Crippen molar-refractivity contribution in [3.05, 3.63) is 29.8 Å². The highest BCUT2D eigenvalue weighted by Crippen LogP contribution is 2.27. The van der Waals surface area contributed by atoms with Gasteiger partial charge in [0, 0.05) is 5.56 Å². The Bertz CT molecular complexity index is 235. The quantitative estimate of drug-likeness (QED) is 0.768. The van der Waals surface area contributed by atoms with Crippen molar-refractivity contribution in [3.63, 3.8) is 0 Å². The molecule has 0 aliphatic heterocycles. The summed E-state index contributed by atoms with van der Waals surface area (Å²) in [5.74, 6) is 0.692. The fraction of sp³-hybridized carbons (Fsp3) is 0.250. The molecule has 0 aliphatic rings. The summed E-state index contributed by atoms with van der Waals surface area (Å²) in [6.45, 7) is 0. The average Bonchev–Trinajstić information content (AvgIpc) is 2.04. The molecular weight excluding hydrogens is 208 g/mol. The van der Waals surface area contributed by atoms with Gasteiger partial charge in [-0.2, -0.15) is 0 Å². The Morgan fingerprint density at radius 2 is 2.09 bits per heavy atom. The molecule has 0 fully saturated rings. The van der Waals surface area contributed by atoms with E-state index in [2.05, 4.69) is 15.9 Å². The first-order valence-corrected chi connectivity index (χ1v) is 4.12. The minimum atomic E-state index is -0.654. The minimum Gasteiger partial charge on any atom is -0.496 e. The summed E-state index contributed by atoms with van der Waals surface area (Å²) in [4.78, 5) is 0. The number of methoxy groups -OCH3 is 1. The van der Waals surface area contributed by atoms with Gasteiger partial charge < -0.3 is 9.84 Å². The highest BCUT2D eigenvalue weighted by atomic mass is 79.9. The topological polar surface area (TPSA) is 29.5 Å². The molecule has 1 unspecified atom stereocenters. The van der Waals surface area contributed by atoms with E-state index >= 15 is 0 Å². The number of halogens is 1. The molecule has 1 aromatic carbocycles. The van der Waals surface area contributed by atoms with Gasteiger partial charge in [-0.3, -0.25) is 0 Å². The molecule has 0 bridgehead atoms. The molecule has 2 nitrogen and oxygen atoms in total. The molecule has 11 heavy (non-hydrogen) atoms. The van der Waals surface area contributed by atoms with Gasteiger partial charge in [0.15, 0.2) is 0 Å². The van der Waals surface area contributed by atoms with Crippen molar-refractivity contribution in [3.8, 4) is 5.75 Å². The van der Waals surface area contributed by atoms with E-state index in [1.165, 1.54) is 0 Å². The van der Waals surface area contributed by atoms with Crippen molar-refractivity contribution in [2.75, 3.05) is 7.11 Å². The second-order valence-corrected chi connectivity index (χ2v) is 2.95. The zero-order valence-corrected chi connectivity index (χ0v) is 7.71. The van der Waals surface area contributed by atoms with Crippen LogP contribution < -0.4 is 4.74 Å². The predicted octanol–water partition coefficient (Wildman–Crippen LogP) is 2.08. The second-order valence-electron chi connectivity index (χ2n) is 2.08. The van der Waals surface area contributed by atoms with Gasteiger partial charge in [0.25, 0.3) is 0 Å². The van der Waals surface area contributed by atoms with E-state index < -0.39 is 5.01 Å². The number of hydrogen-bond acceptors (Lipinski definition) is 2. The first kappa shape index (κ1) is 8.56. The summed E-state index contributed by atoms with van der Waals surface area (Å²) >= 11 is 3.05. The fourth-order valence-electron chi connectivity index (χ4n) is 0.863. The summed E-state index contributed by atoms with van der Waals surface area (Å²) in [5, 5.41) is 8.52. The monoisotopic (exact) mass is 216 g/mol. The lowest BCUT2D eigenvalue weighted by atomic mass is 10.2. The van der Waals surface area contributed by atoms with Crippen LogP contribution in [-0.2, 0) is 0 Å². The van der Waals surface area contributed by atoms with Crippen LogP contribution in [0.2, 0.25) is 0 Å². The van der Waals surface area contributed by atoms with Gasteiger partial charge in [0.05, 0.1) is 7.11 Å². The molecule has 0 radical (unpaired) electrons. The van der Waals surface area contributed by atoms with E-state index in [0.717, 1.165) is 5.56 Å². The van der Waals surface area contributed by atoms with Gasteiger partial charge in [-0.25, -0.2) is 0 Å². The molecule has 60 valence electrons. The molecule has 0 aliphatic carbocycles. The highest BCUT2D eigenvalue weighted by Gasteiger charge is 2.07. The number of ether oxygens (including phenoxy) is 1. The Balaban J connectivity index is 3.02. The van der Waals surface area contributed by atoms with E-state index in [-0.39, 0.29) is 0 Å². The smallest absolute Gasteiger partial charge is 0.137 e. The van der Waals surface area contributed by atoms with Crippen LogP contribution in [0, 0.1) is 0 Å². The number of hydrogen-bond donors (Lipinski definition) is 1. The van der Waals surface area contributed by atoms with Crippen molar-refractivity contribution >= 4 is 15.9 Å². The molecule has 0 spiro atoms. The van der Waals surface area contributed by atoms with Crippen LogP contribution in [0.25, 0.3) is 0 Å². The molecule has 3 heteroatoms. The van der Waals surface area contributed by atoms with Crippen molar-refractivity contribution in [2.45, 2.75) is 5.01 Å². The van der Waals surface area contributed by atoms with E-state index in [1.54, 1.807) is 19.2 Å². The van der Waals surface area contributed by atoms with Crippen LogP contribution in [0.5, 0.6) is 5.75 Å². The Hall–Kier alpha value is -0.540. The van der Waals surface area contributed by atoms with Crippen LogP contribution in [-0.4, -0.2) is 12.2 Å². The van der Waals surface area contributed by atoms with Gasteiger partial charge >= 0.3 is 0 Å². The molecule has 1 N–H and O–H groups in total. The number of aliphatic hydroxyl groups is 1. The summed E-state index contributed by atoms with van der Waals surface area (Å²) in [5.41, 5.74) is 0.745. The predicted molar refractivity (Wildman–Crippen MR) is 46.9 cm³/mol. The largest absolute Gasteiger partial charge is 0.496 e. The summed E-state index contributed by atoms with van der Waals surface area (Å²) in [6.07, 6.45) is 0. The number of alkyl halides is 1. The maximum atomic E-state index is 9.17. The van der Waals surface area contributed by atoms with Crippen molar-refractivity contribution in [1.29, 1.82) is 0 Å². The van der Waals surface area contributed by atoms with Crippen LogP contribution in [0.4, 0.5) is 0 Å². The Morgan fingerprint density at radius 3 is 2.55 bits per heavy atom. The van der Waals surface area contributed by atoms with Gasteiger partial charge in [-0.05, 0) is 6.07 Å². The number of rotatable bonds is 2. The Morgan fingerprint density at radius 1 is 1.45 bits per heavy atom. The highest BCUT2D eigenvalue weighted by molar-refractivity contribution is 9.09. The normalized spacial score (nSPS) is 12.6. The first-order valence-electron chi connectivity index (χ1n) is 3.20. The molecule has 0 saturated heterocycles. The summed E-state index contributed by atoms with van der Waals surface area (Å²) in [7, 11) is 1.58. The minimum absolute atomic E-state index is 0.654. The zero-order chi connectivity index (χ0) is 8.27. The summed E-state index contributed by atoms with van der Waals surface area (Å²) < 4.78 is 5.02. The average molecular weight is 217 g/mol. The van der Waals surface area contributed by atoms with Crippen molar-refractivity contribution in [1.82, 2.24) is 0 Å². The van der Waals surface area contributed by atoms with Crippen LogP contribution >= 0.6 is 15.9 Å². The lowest BCUT2D eigenvalue weighted by molar-refractivity contribution is 0.269. The molecule has 1 atom stereocenters. The third kappa shape index (κ3) is 1.94. The van der Waals surface area contributed by atoms with E-state index in [9.17, 15) is 5.11 Å². The third-order valence-electron chi connectivity index (χ3n) is 1.40. The molecule has 0 amide bonds. The third-order valence-corrected chi connectivity index (χ3v) is 1.89. The number of aliphatic hydroxyl groups excluding tert-OH is 1. The lowest BCUT2D eigenvalue weighted by Gasteiger charge is -2.08. The van der Waals surface area contributed by atoms with E-state index in [0.29, 0.717) is 5.75 Å². The molecule has 1 rings (SSSR count). The lowest BCUT2D eigenvalue weighted by Crippen LogP contribution is -1.92. The van der Waals surface area contributed by atoms with E-state index in [1.807, 2.05) is 12.1 Å². The zero-order valence-electron chi connectivity index (χ0n) is 6.12. The Kier molecular flexibility index (Phi) is 2.91. The SMILES string of the molecule is COc1ccccc1C(O)Br. The maximum absolute atomic E-state index is 9.17. The number of benzene rings is 1. The van der Waals surface area contributed by atoms with Crippen molar-refractivity contribution in [2.24, 2.45) is 0 Å². The van der Waals surface area contributed by atoms with Crippen LogP contribution in [0.1, 0.15) is 10.6 Å².